The average molecular weight is 368 g/mol. The van der Waals surface area contributed by atoms with Gasteiger partial charge in [0.05, 0.1) is 12.2 Å². The van der Waals surface area contributed by atoms with Crippen LogP contribution in [0, 0.1) is 0 Å². The number of carboxylic acids is 1. The normalized spacial score (nSPS) is 15.1. The van der Waals surface area contributed by atoms with E-state index in [-0.39, 0.29) is 6.42 Å². The molecular weight excluding hydrogens is 336 g/mol. The van der Waals surface area contributed by atoms with Crippen molar-refractivity contribution in [3.8, 4) is 0 Å². The Bertz CT molecular complexity index is 465. The van der Waals surface area contributed by atoms with Crippen LogP contribution in [0.15, 0.2) is 48.6 Å². The summed E-state index contributed by atoms with van der Waals surface area (Å²) in [6, 6.07) is 0. The number of aliphatic hydroxyl groups excluding tert-OH is 3. The number of hydrogen-bond donors (Lipinski definition) is 5. The van der Waals surface area contributed by atoms with Crippen LogP contribution in [0.5, 0.6) is 0 Å². The first kappa shape index (κ1) is 24.3. The molecule has 0 aliphatic carbocycles. The van der Waals surface area contributed by atoms with Gasteiger partial charge >= 0.3 is 5.97 Å². The molecule has 2 unspecified atom stereocenters. The lowest BCUT2D eigenvalue weighted by atomic mass is 10.1. The Morgan fingerprint density at radius 3 is 2.04 bits per heavy atom. The second kappa shape index (κ2) is 16.7. The highest BCUT2D eigenvalue weighted by atomic mass is 16.5. The molecule has 26 heavy (non-hydrogen) atoms. The van der Waals surface area contributed by atoms with E-state index in [1.54, 1.807) is 36.5 Å². The van der Waals surface area contributed by atoms with Gasteiger partial charge in [-0.15, -0.1) is 0 Å². The first-order valence-electron chi connectivity index (χ1n) is 9.02. The fourth-order valence-electron chi connectivity index (χ4n) is 2.09. The number of carboxylic acid groups (broad SMARTS) is 1. The largest absolute Gasteiger partial charge is 0.481 e. The summed E-state index contributed by atoms with van der Waals surface area (Å²) >= 11 is 0. The van der Waals surface area contributed by atoms with Crippen molar-refractivity contribution in [2.24, 2.45) is 0 Å². The van der Waals surface area contributed by atoms with Crippen LogP contribution < -0.4 is 0 Å². The minimum absolute atomic E-state index is 0.0571. The maximum atomic E-state index is 10.4. The van der Waals surface area contributed by atoms with Crippen molar-refractivity contribution in [1.29, 1.82) is 0 Å². The minimum Gasteiger partial charge on any atom is -0.481 e. The Morgan fingerprint density at radius 1 is 0.769 bits per heavy atom. The third kappa shape index (κ3) is 18.6. The number of unbranched alkanes of at least 4 members (excludes halogenated alkanes) is 2. The SMILES string of the molecule is O=C(O)CCCC(O)C=CC=CC=CC(O)CC=CCCCCC(O)O. The van der Waals surface area contributed by atoms with Gasteiger partial charge in [-0.3, -0.25) is 4.79 Å². The van der Waals surface area contributed by atoms with Crippen molar-refractivity contribution in [3.05, 3.63) is 48.6 Å². The topological polar surface area (TPSA) is 118 Å². The predicted molar refractivity (Wildman–Crippen MR) is 101 cm³/mol. The zero-order valence-electron chi connectivity index (χ0n) is 15.2. The van der Waals surface area contributed by atoms with Crippen LogP contribution in [-0.4, -0.2) is 50.0 Å². The molecule has 0 spiro atoms. The molecule has 0 aromatic heterocycles. The summed E-state index contributed by atoms with van der Waals surface area (Å²) in [5.74, 6) is -0.860. The molecule has 0 aliphatic rings. The predicted octanol–water partition coefficient (Wildman–Crippen LogP) is 2.45. The van der Waals surface area contributed by atoms with Gasteiger partial charge in [0, 0.05) is 6.42 Å². The standard InChI is InChI=1S/C20H32O6/c21-17(11-6-2-1-3-9-15-19(23)24)12-7-4-5-8-13-18(22)14-10-16-20(25)26/h2,4-8,12-13,17-19,21-24H,1,3,9-11,14-16H2,(H,25,26). The summed E-state index contributed by atoms with van der Waals surface area (Å²) in [6.07, 6.45) is 15.9. The van der Waals surface area contributed by atoms with E-state index in [1.165, 1.54) is 0 Å². The van der Waals surface area contributed by atoms with Gasteiger partial charge in [-0.05, 0) is 44.9 Å². The van der Waals surface area contributed by atoms with Crippen LogP contribution in [0.1, 0.15) is 51.4 Å². The number of carbonyl (C=O) groups is 1. The van der Waals surface area contributed by atoms with E-state index >= 15 is 0 Å². The van der Waals surface area contributed by atoms with Gasteiger partial charge in [0.1, 0.15) is 0 Å². The lowest BCUT2D eigenvalue weighted by Gasteiger charge is -2.02. The van der Waals surface area contributed by atoms with E-state index in [2.05, 4.69) is 0 Å². The third-order valence-electron chi connectivity index (χ3n) is 3.52. The van der Waals surface area contributed by atoms with Gasteiger partial charge in [-0.2, -0.15) is 0 Å². The Kier molecular flexibility index (Phi) is 15.6. The smallest absolute Gasteiger partial charge is 0.303 e. The quantitative estimate of drug-likeness (QED) is 0.131. The molecule has 0 aromatic rings. The van der Waals surface area contributed by atoms with Gasteiger partial charge in [0.2, 0.25) is 0 Å². The van der Waals surface area contributed by atoms with E-state index in [9.17, 15) is 15.0 Å². The molecule has 0 saturated heterocycles. The first-order chi connectivity index (χ1) is 12.4. The van der Waals surface area contributed by atoms with Crippen molar-refractivity contribution in [1.82, 2.24) is 0 Å². The van der Waals surface area contributed by atoms with Crippen LogP contribution in [0.2, 0.25) is 0 Å². The molecule has 0 rings (SSSR count). The van der Waals surface area contributed by atoms with Gasteiger partial charge in [-0.1, -0.05) is 48.6 Å². The highest BCUT2D eigenvalue weighted by Gasteiger charge is 2.01. The Hall–Kier alpha value is -1.73. The van der Waals surface area contributed by atoms with Crippen LogP contribution >= 0.6 is 0 Å². The van der Waals surface area contributed by atoms with Crippen LogP contribution in [-0.2, 0) is 4.79 Å². The molecule has 0 saturated carbocycles. The highest BCUT2D eigenvalue weighted by Crippen LogP contribution is 2.04. The maximum Gasteiger partial charge on any atom is 0.303 e. The van der Waals surface area contributed by atoms with Crippen LogP contribution in [0.25, 0.3) is 0 Å². The lowest BCUT2D eigenvalue weighted by Crippen LogP contribution is -2.03. The van der Waals surface area contributed by atoms with Gasteiger partial charge in [0.25, 0.3) is 0 Å². The molecule has 5 N–H and O–H groups in total. The summed E-state index contributed by atoms with van der Waals surface area (Å²) in [5.41, 5.74) is 0. The summed E-state index contributed by atoms with van der Waals surface area (Å²) < 4.78 is 0. The Morgan fingerprint density at radius 2 is 1.42 bits per heavy atom. The molecule has 0 amide bonds. The molecule has 6 heteroatoms. The summed E-state index contributed by atoms with van der Waals surface area (Å²) in [7, 11) is 0. The van der Waals surface area contributed by atoms with Crippen molar-refractivity contribution >= 4 is 5.97 Å². The van der Waals surface area contributed by atoms with Crippen LogP contribution in [0.3, 0.4) is 0 Å². The molecular formula is C20H32O6. The van der Waals surface area contributed by atoms with Gasteiger partial charge in [0.15, 0.2) is 6.29 Å². The van der Waals surface area contributed by atoms with E-state index in [0.717, 1.165) is 19.3 Å². The molecule has 0 aliphatic heterocycles. The summed E-state index contributed by atoms with van der Waals surface area (Å²) in [6.45, 7) is 0. The van der Waals surface area contributed by atoms with Crippen LogP contribution in [0.4, 0.5) is 0 Å². The number of hydrogen-bond acceptors (Lipinski definition) is 5. The van der Waals surface area contributed by atoms with Crippen molar-refractivity contribution in [3.63, 3.8) is 0 Å². The molecule has 0 fully saturated rings. The van der Waals surface area contributed by atoms with E-state index < -0.39 is 24.5 Å². The Labute approximate surface area is 155 Å². The van der Waals surface area contributed by atoms with Gasteiger partial charge < -0.3 is 25.5 Å². The number of rotatable bonds is 15. The van der Waals surface area contributed by atoms with Crippen molar-refractivity contribution < 1.29 is 30.3 Å². The number of aliphatic hydroxyl groups is 4. The van der Waals surface area contributed by atoms with Crippen molar-refractivity contribution in [2.75, 3.05) is 0 Å². The fourth-order valence-corrected chi connectivity index (χ4v) is 2.09. The molecule has 6 nitrogen and oxygen atoms in total. The molecule has 2 atom stereocenters. The minimum atomic E-state index is -1.23. The summed E-state index contributed by atoms with van der Waals surface area (Å²) in [4.78, 5) is 10.4. The average Bonchev–Trinajstić information content (AvgIpc) is 2.56. The van der Waals surface area contributed by atoms with Gasteiger partial charge in [-0.25, -0.2) is 0 Å². The zero-order valence-corrected chi connectivity index (χ0v) is 15.2. The first-order valence-corrected chi connectivity index (χ1v) is 9.02. The Balaban J connectivity index is 3.79. The molecule has 0 radical (unpaired) electrons. The third-order valence-corrected chi connectivity index (χ3v) is 3.52. The summed E-state index contributed by atoms with van der Waals surface area (Å²) in [5, 5.41) is 45.3. The molecule has 0 heterocycles. The molecule has 148 valence electrons. The van der Waals surface area contributed by atoms with E-state index in [1.807, 2.05) is 12.2 Å². The second-order valence-corrected chi connectivity index (χ2v) is 6.05. The number of allylic oxidation sites excluding steroid dienone is 5. The second-order valence-electron chi connectivity index (χ2n) is 6.05. The highest BCUT2D eigenvalue weighted by molar-refractivity contribution is 5.66. The number of aliphatic carboxylic acids is 1. The zero-order chi connectivity index (χ0) is 19.6. The maximum absolute atomic E-state index is 10.4. The van der Waals surface area contributed by atoms with E-state index in [4.69, 9.17) is 15.3 Å². The molecule has 0 bridgehead atoms. The molecule has 0 aromatic carbocycles. The van der Waals surface area contributed by atoms with Crippen molar-refractivity contribution in [2.45, 2.75) is 69.9 Å². The fraction of sp³-hybridized carbons (Fsp3) is 0.550. The monoisotopic (exact) mass is 368 g/mol. The van der Waals surface area contributed by atoms with E-state index in [0.29, 0.717) is 25.7 Å². The lowest BCUT2D eigenvalue weighted by molar-refractivity contribution is -0.137.